The van der Waals surface area contributed by atoms with Gasteiger partial charge < -0.3 is 14.5 Å². The summed E-state index contributed by atoms with van der Waals surface area (Å²) in [6, 6.07) is 4.47. The SMILES string of the molecule is CO[C@@H]1CCN(c2nc(-c3c(C)ccc4n[nH]c(C)c34)nc3c2CN(c2c(Cl)c(C(C)C)nn2C)CC3)[C@H](C)C1. The van der Waals surface area contributed by atoms with Gasteiger partial charge in [-0.25, -0.2) is 9.97 Å². The van der Waals surface area contributed by atoms with Gasteiger partial charge in [0, 0.05) is 68.5 Å². The molecular formula is C30H39ClN8O. The first kappa shape index (κ1) is 27.0. The van der Waals surface area contributed by atoms with Crippen molar-refractivity contribution in [3.8, 4) is 11.4 Å². The number of anilines is 2. The molecule has 0 aliphatic carbocycles. The van der Waals surface area contributed by atoms with Crippen LogP contribution in [0, 0.1) is 13.8 Å². The maximum atomic E-state index is 6.92. The number of fused-ring (bicyclic) bond motifs is 2. The lowest BCUT2D eigenvalue weighted by atomic mass is 9.97. The molecule has 9 nitrogen and oxygen atoms in total. The quantitative estimate of drug-likeness (QED) is 0.333. The standard InChI is InChI=1S/C30H39ClN8O/c1-16(2)27-26(31)30(37(6)36-27)38-12-11-22-21(15-38)29(39-13-10-20(40-7)14-18(39)4)33-28(32-22)24-17(3)8-9-23-25(24)19(5)34-35-23/h8-9,16,18,20H,10-15H2,1-7H3,(H,34,35)/t18-,20-/m1/s1. The van der Waals surface area contributed by atoms with Crippen LogP contribution >= 0.6 is 11.6 Å². The molecule has 0 unspecified atom stereocenters. The Hall–Kier alpha value is -3.17. The van der Waals surface area contributed by atoms with Crippen molar-refractivity contribution in [1.29, 1.82) is 0 Å². The summed E-state index contributed by atoms with van der Waals surface area (Å²) < 4.78 is 7.67. The van der Waals surface area contributed by atoms with Crippen molar-refractivity contribution in [1.82, 2.24) is 29.9 Å². The van der Waals surface area contributed by atoms with Crippen LogP contribution in [0.4, 0.5) is 11.6 Å². The number of halogens is 1. The van der Waals surface area contributed by atoms with Gasteiger partial charge in [0.25, 0.3) is 0 Å². The summed E-state index contributed by atoms with van der Waals surface area (Å²) in [6.45, 7) is 13.1. The van der Waals surface area contributed by atoms with Crippen LogP contribution in [0.1, 0.15) is 67.7 Å². The van der Waals surface area contributed by atoms with E-state index in [9.17, 15) is 0 Å². The van der Waals surface area contributed by atoms with Gasteiger partial charge in [0.2, 0.25) is 0 Å². The molecule has 1 fully saturated rings. The van der Waals surface area contributed by atoms with Crippen LogP contribution in [0.2, 0.25) is 5.02 Å². The van der Waals surface area contributed by atoms with E-state index in [4.69, 9.17) is 31.4 Å². The fourth-order valence-electron chi connectivity index (χ4n) is 6.46. The lowest BCUT2D eigenvalue weighted by Gasteiger charge is -2.40. The Kier molecular flexibility index (Phi) is 6.99. The third-order valence-corrected chi connectivity index (χ3v) is 9.00. The summed E-state index contributed by atoms with van der Waals surface area (Å²) >= 11 is 6.92. The van der Waals surface area contributed by atoms with E-state index in [-0.39, 0.29) is 12.0 Å². The molecule has 4 aromatic rings. The molecule has 2 aliphatic rings. The highest BCUT2D eigenvalue weighted by atomic mass is 35.5. The van der Waals surface area contributed by atoms with E-state index in [1.165, 1.54) is 5.56 Å². The smallest absolute Gasteiger partial charge is 0.162 e. The third-order valence-electron chi connectivity index (χ3n) is 8.64. The van der Waals surface area contributed by atoms with Crippen molar-refractivity contribution < 1.29 is 4.74 Å². The van der Waals surface area contributed by atoms with Crippen molar-refractivity contribution in [2.24, 2.45) is 7.05 Å². The van der Waals surface area contributed by atoms with Crippen LogP contribution in [-0.4, -0.2) is 62.3 Å². The summed E-state index contributed by atoms with van der Waals surface area (Å²) in [6.07, 6.45) is 3.01. The molecule has 10 heteroatoms. The van der Waals surface area contributed by atoms with Gasteiger partial charge >= 0.3 is 0 Å². The lowest BCUT2D eigenvalue weighted by Crippen LogP contribution is -2.45. The summed E-state index contributed by atoms with van der Waals surface area (Å²) in [5.41, 5.74) is 7.40. The first-order valence-electron chi connectivity index (χ1n) is 14.3. The highest BCUT2D eigenvalue weighted by Gasteiger charge is 2.33. The third kappa shape index (κ3) is 4.43. The number of nitrogens with zero attached hydrogens (tertiary/aromatic N) is 7. The molecule has 1 N–H and O–H groups in total. The fourth-order valence-corrected chi connectivity index (χ4v) is 6.96. The van der Waals surface area contributed by atoms with Crippen LogP contribution in [0.25, 0.3) is 22.3 Å². The van der Waals surface area contributed by atoms with E-state index in [0.29, 0.717) is 12.6 Å². The molecule has 2 aliphatic heterocycles. The number of hydrogen-bond acceptors (Lipinski definition) is 7. The van der Waals surface area contributed by atoms with E-state index in [2.05, 4.69) is 66.7 Å². The number of methoxy groups -OCH3 is 1. The minimum absolute atomic E-state index is 0.256. The predicted molar refractivity (Wildman–Crippen MR) is 160 cm³/mol. The van der Waals surface area contributed by atoms with Crippen molar-refractivity contribution in [2.45, 2.75) is 78.5 Å². The van der Waals surface area contributed by atoms with E-state index < -0.39 is 0 Å². The lowest BCUT2D eigenvalue weighted by molar-refractivity contribution is 0.0719. The Morgan fingerprint density at radius 3 is 2.65 bits per heavy atom. The molecule has 3 aromatic heterocycles. The maximum Gasteiger partial charge on any atom is 0.162 e. The largest absolute Gasteiger partial charge is 0.381 e. The molecule has 0 saturated carbocycles. The van der Waals surface area contributed by atoms with Crippen LogP contribution in [0.15, 0.2) is 12.1 Å². The van der Waals surface area contributed by atoms with Gasteiger partial charge in [0.15, 0.2) is 5.82 Å². The van der Waals surface area contributed by atoms with Gasteiger partial charge in [-0.3, -0.25) is 9.78 Å². The molecule has 1 saturated heterocycles. The molecule has 0 spiro atoms. The second kappa shape index (κ2) is 10.3. The van der Waals surface area contributed by atoms with Gasteiger partial charge in [0.05, 0.1) is 23.0 Å². The first-order valence-corrected chi connectivity index (χ1v) is 14.7. The zero-order valence-corrected chi connectivity index (χ0v) is 25.3. The fraction of sp³-hybridized carbons (Fsp3) is 0.533. The molecule has 0 radical (unpaired) electrons. The number of aryl methyl sites for hydroxylation is 3. The van der Waals surface area contributed by atoms with Gasteiger partial charge in [0.1, 0.15) is 16.7 Å². The second-order valence-corrected chi connectivity index (χ2v) is 12.1. The van der Waals surface area contributed by atoms with E-state index in [1.54, 1.807) is 0 Å². The Morgan fingerprint density at radius 2 is 1.95 bits per heavy atom. The number of piperidine rings is 1. The Balaban J connectivity index is 1.49. The van der Waals surface area contributed by atoms with E-state index >= 15 is 0 Å². The topological polar surface area (TPSA) is 88.0 Å². The molecule has 0 amide bonds. The zero-order chi connectivity index (χ0) is 28.3. The predicted octanol–water partition coefficient (Wildman–Crippen LogP) is 5.71. The number of hydrogen-bond donors (Lipinski definition) is 1. The number of rotatable bonds is 5. The average Bonchev–Trinajstić information content (AvgIpc) is 3.46. The van der Waals surface area contributed by atoms with Crippen molar-refractivity contribution in [3.63, 3.8) is 0 Å². The van der Waals surface area contributed by atoms with Crippen LogP contribution in [0.3, 0.4) is 0 Å². The summed E-state index contributed by atoms with van der Waals surface area (Å²) in [5, 5.41) is 14.3. The zero-order valence-electron chi connectivity index (χ0n) is 24.5. The van der Waals surface area contributed by atoms with E-state index in [1.807, 2.05) is 18.8 Å². The Bertz CT molecular complexity index is 1570. The Morgan fingerprint density at radius 1 is 1.15 bits per heavy atom. The van der Waals surface area contributed by atoms with Crippen LogP contribution < -0.4 is 9.80 Å². The highest BCUT2D eigenvalue weighted by molar-refractivity contribution is 6.33. The van der Waals surface area contributed by atoms with Gasteiger partial charge in [-0.2, -0.15) is 10.2 Å². The summed E-state index contributed by atoms with van der Waals surface area (Å²) in [4.78, 5) is 15.4. The Labute approximate surface area is 240 Å². The highest BCUT2D eigenvalue weighted by Crippen LogP contribution is 2.40. The van der Waals surface area contributed by atoms with Gasteiger partial charge in [-0.1, -0.05) is 31.5 Å². The van der Waals surface area contributed by atoms with Gasteiger partial charge in [-0.15, -0.1) is 0 Å². The molecule has 1 aromatic carbocycles. The average molecular weight is 563 g/mol. The molecular weight excluding hydrogens is 524 g/mol. The van der Waals surface area contributed by atoms with Crippen molar-refractivity contribution >= 4 is 34.1 Å². The molecule has 5 heterocycles. The van der Waals surface area contributed by atoms with Crippen molar-refractivity contribution in [2.75, 3.05) is 30.0 Å². The minimum Gasteiger partial charge on any atom is -0.381 e. The number of aromatic nitrogens is 6. The number of aromatic amines is 1. The molecule has 6 rings (SSSR count). The number of nitrogens with one attached hydrogen (secondary N) is 1. The molecule has 212 valence electrons. The summed E-state index contributed by atoms with van der Waals surface area (Å²) in [5.74, 6) is 3.02. The number of H-pyrrole nitrogens is 1. The molecule has 2 atom stereocenters. The monoisotopic (exact) mass is 562 g/mol. The summed E-state index contributed by atoms with van der Waals surface area (Å²) in [7, 11) is 3.80. The second-order valence-electron chi connectivity index (χ2n) is 11.7. The van der Waals surface area contributed by atoms with Gasteiger partial charge in [-0.05, 0) is 51.2 Å². The van der Waals surface area contributed by atoms with Crippen molar-refractivity contribution in [3.05, 3.63) is 45.4 Å². The van der Waals surface area contributed by atoms with E-state index in [0.717, 1.165) is 93.9 Å². The normalized spacial score (nSPS) is 19.6. The van der Waals surface area contributed by atoms with Crippen LogP contribution in [0.5, 0.6) is 0 Å². The first-order chi connectivity index (χ1) is 19.2. The number of benzene rings is 1. The maximum absolute atomic E-state index is 6.92. The molecule has 0 bridgehead atoms. The number of ether oxygens (including phenoxy) is 1. The minimum atomic E-state index is 0.256. The molecule has 40 heavy (non-hydrogen) atoms. The van der Waals surface area contributed by atoms with Crippen LogP contribution in [-0.2, 0) is 24.8 Å².